The van der Waals surface area contributed by atoms with Crippen molar-refractivity contribution in [2.24, 2.45) is 5.92 Å². The van der Waals surface area contributed by atoms with Crippen LogP contribution in [0.2, 0.25) is 0 Å². The molecule has 0 aromatic heterocycles. The molecule has 1 aliphatic carbocycles. The van der Waals surface area contributed by atoms with Gasteiger partial charge in [0.15, 0.2) is 11.5 Å². The lowest BCUT2D eigenvalue weighted by Gasteiger charge is -2.23. The number of hydrogen-bond acceptors (Lipinski definition) is 5. The molecule has 3 aromatic rings. The average Bonchev–Trinajstić information content (AvgIpc) is 3.41. The van der Waals surface area contributed by atoms with E-state index in [1.54, 1.807) is 0 Å². The summed E-state index contributed by atoms with van der Waals surface area (Å²) in [6.45, 7) is 1.54. The van der Waals surface area contributed by atoms with Crippen LogP contribution in [0.3, 0.4) is 0 Å². The van der Waals surface area contributed by atoms with Crippen LogP contribution in [0.5, 0.6) is 17.2 Å². The van der Waals surface area contributed by atoms with E-state index in [1.165, 1.54) is 12.8 Å². The number of rotatable bonds is 5. The molecule has 1 fully saturated rings. The van der Waals surface area contributed by atoms with Crippen LogP contribution < -0.4 is 24.4 Å². The largest absolute Gasteiger partial charge is 0.491 e. The topological polar surface area (TPSA) is 77.1 Å². The van der Waals surface area contributed by atoms with Crippen molar-refractivity contribution in [3.63, 3.8) is 0 Å². The van der Waals surface area contributed by atoms with Gasteiger partial charge in [-0.2, -0.15) is 0 Å². The van der Waals surface area contributed by atoms with Gasteiger partial charge in [0, 0.05) is 29.4 Å². The second-order valence-electron chi connectivity index (χ2n) is 9.65. The van der Waals surface area contributed by atoms with Gasteiger partial charge in [-0.3, -0.25) is 9.59 Å². The molecule has 3 heterocycles. The number of para-hydroxylation sites is 1. The smallest absolute Gasteiger partial charge is 0.251 e. The van der Waals surface area contributed by atoms with Crippen molar-refractivity contribution < 1.29 is 23.8 Å². The Morgan fingerprint density at radius 1 is 0.943 bits per heavy atom. The summed E-state index contributed by atoms with van der Waals surface area (Å²) in [6, 6.07) is 19.1. The molecule has 1 spiro atoms. The summed E-state index contributed by atoms with van der Waals surface area (Å²) in [6.07, 6.45) is 2.40. The lowest BCUT2D eigenvalue weighted by molar-refractivity contribution is -0.122. The molecule has 4 aliphatic rings. The second-order valence-corrected chi connectivity index (χ2v) is 9.65. The molecule has 0 saturated heterocycles. The minimum atomic E-state index is -0.921. The van der Waals surface area contributed by atoms with Gasteiger partial charge in [-0.25, -0.2) is 0 Å². The van der Waals surface area contributed by atoms with Crippen LogP contribution in [0.25, 0.3) is 0 Å². The lowest BCUT2D eigenvalue weighted by Crippen LogP contribution is -2.42. The molecule has 2 amide bonds. The summed E-state index contributed by atoms with van der Waals surface area (Å²) in [5.41, 5.74) is 3.28. The van der Waals surface area contributed by atoms with Gasteiger partial charge in [-0.15, -0.1) is 0 Å². The number of benzene rings is 3. The number of carbonyl (C=O) groups is 2. The summed E-state index contributed by atoms with van der Waals surface area (Å²) in [5.74, 6) is 2.48. The third-order valence-corrected chi connectivity index (χ3v) is 7.45. The van der Waals surface area contributed by atoms with Gasteiger partial charge in [0.05, 0.1) is 6.54 Å². The van der Waals surface area contributed by atoms with Crippen LogP contribution in [-0.2, 0) is 16.8 Å². The van der Waals surface area contributed by atoms with Crippen LogP contribution in [0.1, 0.15) is 39.9 Å². The van der Waals surface area contributed by atoms with Crippen LogP contribution >= 0.6 is 0 Å². The van der Waals surface area contributed by atoms with E-state index in [2.05, 4.69) is 5.32 Å². The van der Waals surface area contributed by atoms with E-state index in [-0.39, 0.29) is 25.2 Å². The first-order valence-corrected chi connectivity index (χ1v) is 12.0. The van der Waals surface area contributed by atoms with Crippen LogP contribution in [0.15, 0.2) is 60.7 Å². The van der Waals surface area contributed by atoms with E-state index in [4.69, 9.17) is 14.2 Å². The van der Waals surface area contributed by atoms with E-state index >= 15 is 0 Å². The molecule has 35 heavy (non-hydrogen) atoms. The summed E-state index contributed by atoms with van der Waals surface area (Å²) in [5, 5.41) is 3.00. The number of anilines is 1. The predicted molar refractivity (Wildman–Crippen MR) is 128 cm³/mol. The molecule has 7 nitrogen and oxygen atoms in total. The molecule has 7 rings (SSSR count). The molecule has 1 unspecified atom stereocenters. The van der Waals surface area contributed by atoms with Crippen molar-refractivity contribution in [3.8, 4) is 17.2 Å². The maximum absolute atomic E-state index is 14.1. The first kappa shape index (κ1) is 20.4. The quantitative estimate of drug-likeness (QED) is 0.617. The highest BCUT2D eigenvalue weighted by molar-refractivity contribution is 6.11. The van der Waals surface area contributed by atoms with E-state index in [9.17, 15) is 9.59 Å². The Kier molecular flexibility index (Phi) is 4.37. The van der Waals surface area contributed by atoms with Gasteiger partial charge in [0.1, 0.15) is 17.8 Å². The van der Waals surface area contributed by atoms with Crippen molar-refractivity contribution >= 4 is 17.5 Å². The number of ether oxygens (including phenoxy) is 3. The van der Waals surface area contributed by atoms with Crippen molar-refractivity contribution in [2.45, 2.75) is 24.8 Å². The molecule has 0 bridgehead atoms. The number of hydrogen-bond donors (Lipinski definition) is 1. The Balaban J connectivity index is 1.20. The van der Waals surface area contributed by atoms with E-state index < -0.39 is 5.41 Å². The van der Waals surface area contributed by atoms with E-state index in [0.29, 0.717) is 35.3 Å². The van der Waals surface area contributed by atoms with Crippen molar-refractivity contribution in [1.29, 1.82) is 0 Å². The molecule has 3 aliphatic heterocycles. The number of fused-ring (bicyclic) bond motifs is 5. The van der Waals surface area contributed by atoms with Gasteiger partial charge in [-0.1, -0.05) is 30.3 Å². The zero-order valence-electron chi connectivity index (χ0n) is 19.1. The SMILES string of the molecule is O=C(NCC1CC1)c1ccc(CN2C(=O)C3(COc4cc5c(cc43)OCO5)c3ccccc32)cc1. The summed E-state index contributed by atoms with van der Waals surface area (Å²) in [7, 11) is 0. The summed E-state index contributed by atoms with van der Waals surface area (Å²) >= 11 is 0. The van der Waals surface area contributed by atoms with Crippen molar-refractivity contribution in [2.75, 3.05) is 24.8 Å². The monoisotopic (exact) mass is 468 g/mol. The number of nitrogens with one attached hydrogen (secondary N) is 1. The zero-order chi connectivity index (χ0) is 23.6. The Labute approximate surface area is 202 Å². The molecule has 0 radical (unpaired) electrons. The Hall–Kier alpha value is -4.00. The van der Waals surface area contributed by atoms with Gasteiger partial charge >= 0.3 is 0 Å². The number of carbonyl (C=O) groups excluding carboxylic acids is 2. The summed E-state index contributed by atoms with van der Waals surface area (Å²) < 4.78 is 17.1. The highest BCUT2D eigenvalue weighted by Crippen LogP contribution is 2.55. The molecule has 3 aromatic carbocycles. The molecule has 1 N–H and O–H groups in total. The van der Waals surface area contributed by atoms with Crippen LogP contribution in [0.4, 0.5) is 5.69 Å². The van der Waals surface area contributed by atoms with Crippen molar-refractivity contribution in [3.05, 3.63) is 82.9 Å². The molecular weight excluding hydrogens is 444 g/mol. The fourth-order valence-electron chi connectivity index (χ4n) is 5.33. The first-order chi connectivity index (χ1) is 17.1. The first-order valence-electron chi connectivity index (χ1n) is 12.0. The van der Waals surface area contributed by atoms with Crippen LogP contribution in [0, 0.1) is 5.92 Å². The second kappa shape index (κ2) is 7.50. The Morgan fingerprint density at radius 3 is 2.51 bits per heavy atom. The Bertz CT molecular complexity index is 1360. The molecule has 1 saturated carbocycles. The summed E-state index contributed by atoms with van der Waals surface area (Å²) in [4.78, 5) is 28.3. The van der Waals surface area contributed by atoms with Crippen molar-refractivity contribution in [1.82, 2.24) is 5.32 Å². The minimum Gasteiger partial charge on any atom is -0.491 e. The highest BCUT2D eigenvalue weighted by atomic mass is 16.7. The maximum atomic E-state index is 14.1. The third-order valence-electron chi connectivity index (χ3n) is 7.45. The fourth-order valence-corrected chi connectivity index (χ4v) is 5.33. The van der Waals surface area contributed by atoms with Gasteiger partial charge in [0.25, 0.3) is 5.91 Å². The molecule has 7 heteroatoms. The van der Waals surface area contributed by atoms with Gasteiger partial charge in [0.2, 0.25) is 12.7 Å². The Morgan fingerprint density at radius 2 is 1.71 bits per heavy atom. The number of amides is 2. The standard InChI is InChI=1S/C28H24N2O5/c31-26(29-13-17-5-6-17)19-9-7-18(8-10-19)14-30-22-4-2-1-3-20(22)28(27(30)32)15-33-23-12-25-24(11-21(23)28)34-16-35-25/h1-4,7-12,17H,5-6,13-16H2,(H,29,31). The minimum absolute atomic E-state index is 0.0254. The molecular formula is C28H24N2O5. The average molecular weight is 469 g/mol. The van der Waals surface area contributed by atoms with E-state index in [1.807, 2.05) is 65.6 Å². The van der Waals surface area contributed by atoms with Crippen LogP contribution in [-0.4, -0.2) is 31.8 Å². The lowest BCUT2D eigenvalue weighted by atomic mass is 9.77. The zero-order valence-corrected chi connectivity index (χ0v) is 19.1. The number of nitrogens with zero attached hydrogens (tertiary/aromatic N) is 1. The third kappa shape index (κ3) is 3.11. The molecule has 1 atom stereocenters. The van der Waals surface area contributed by atoms with Gasteiger partial charge < -0.3 is 24.4 Å². The normalized spacial score (nSPS) is 21.1. The maximum Gasteiger partial charge on any atom is 0.251 e. The van der Waals surface area contributed by atoms with E-state index in [0.717, 1.165) is 28.9 Å². The predicted octanol–water partition coefficient (Wildman–Crippen LogP) is 3.78. The molecule has 176 valence electrons. The highest BCUT2D eigenvalue weighted by Gasteiger charge is 2.57. The fraction of sp³-hybridized carbons (Fsp3) is 0.286. The van der Waals surface area contributed by atoms with Gasteiger partial charge in [-0.05, 0) is 54.2 Å².